The predicted octanol–water partition coefficient (Wildman–Crippen LogP) is 5.14. The Hall–Kier alpha value is -0.640. The van der Waals surface area contributed by atoms with E-state index in [0.717, 1.165) is 16.4 Å². The molecule has 0 aliphatic heterocycles. The van der Waals surface area contributed by atoms with Crippen LogP contribution < -0.4 is 0 Å². The number of rotatable bonds is 6. The van der Waals surface area contributed by atoms with Crippen LogP contribution in [-0.2, 0) is 11.3 Å². The Morgan fingerprint density at radius 1 is 0.947 bits per heavy atom. The molecule has 0 amide bonds. The zero-order chi connectivity index (χ0) is 13.5. The zero-order valence-electron chi connectivity index (χ0n) is 10.6. The molecule has 2 aromatic rings. The van der Waals surface area contributed by atoms with Crippen molar-refractivity contribution in [2.75, 3.05) is 11.9 Å². The number of ether oxygens (including phenoxy) is 1. The highest BCUT2D eigenvalue weighted by Crippen LogP contribution is 2.21. The molecule has 0 bridgehead atoms. The lowest BCUT2D eigenvalue weighted by Gasteiger charge is -2.15. The van der Waals surface area contributed by atoms with Crippen molar-refractivity contribution >= 4 is 31.9 Å². The molecule has 0 spiro atoms. The van der Waals surface area contributed by atoms with Crippen LogP contribution >= 0.6 is 31.9 Å². The molecular formula is C16H16Br2O. The van der Waals surface area contributed by atoms with Crippen molar-refractivity contribution in [1.29, 1.82) is 0 Å². The normalized spacial score (nSPS) is 12.3. The quantitative estimate of drug-likeness (QED) is 0.627. The van der Waals surface area contributed by atoms with Gasteiger partial charge in [-0.3, -0.25) is 0 Å². The summed E-state index contributed by atoms with van der Waals surface area (Å²) < 4.78 is 6.95. The number of alkyl halides is 1. The molecule has 0 saturated heterocycles. The van der Waals surface area contributed by atoms with E-state index in [4.69, 9.17) is 4.74 Å². The molecule has 0 saturated carbocycles. The molecule has 0 radical (unpaired) electrons. The molecule has 0 aromatic heterocycles. The second-order valence-corrected chi connectivity index (χ2v) is 5.87. The first-order valence-corrected chi connectivity index (χ1v) is 8.14. The third-order valence-corrected chi connectivity index (χ3v) is 4.55. The lowest BCUT2D eigenvalue weighted by atomic mass is 10.0. The Balaban J connectivity index is 1.89. The van der Waals surface area contributed by atoms with Gasteiger partial charge in [-0.2, -0.15) is 0 Å². The van der Waals surface area contributed by atoms with Gasteiger partial charge in [0.05, 0.1) is 13.2 Å². The third kappa shape index (κ3) is 4.44. The minimum Gasteiger partial charge on any atom is -0.376 e. The first kappa shape index (κ1) is 14.8. The molecule has 0 heterocycles. The average Bonchev–Trinajstić information content (AvgIpc) is 2.46. The van der Waals surface area contributed by atoms with Crippen LogP contribution in [-0.4, -0.2) is 11.9 Å². The van der Waals surface area contributed by atoms with Crippen molar-refractivity contribution in [3.05, 3.63) is 70.2 Å². The van der Waals surface area contributed by atoms with Crippen molar-refractivity contribution in [3.8, 4) is 0 Å². The van der Waals surface area contributed by atoms with Crippen LogP contribution in [0.25, 0.3) is 0 Å². The van der Waals surface area contributed by atoms with Gasteiger partial charge in [-0.25, -0.2) is 0 Å². The summed E-state index contributed by atoms with van der Waals surface area (Å²) in [5.74, 6) is 0.392. The van der Waals surface area contributed by atoms with Crippen molar-refractivity contribution < 1.29 is 4.74 Å². The maximum absolute atomic E-state index is 5.85. The number of hydrogen-bond donors (Lipinski definition) is 0. The van der Waals surface area contributed by atoms with Crippen molar-refractivity contribution in [3.63, 3.8) is 0 Å². The maximum atomic E-state index is 5.85. The first-order valence-electron chi connectivity index (χ1n) is 6.23. The van der Waals surface area contributed by atoms with Crippen LogP contribution in [0.15, 0.2) is 59.1 Å². The zero-order valence-corrected chi connectivity index (χ0v) is 13.7. The van der Waals surface area contributed by atoms with Crippen molar-refractivity contribution in [2.45, 2.75) is 12.5 Å². The molecule has 19 heavy (non-hydrogen) atoms. The fourth-order valence-corrected chi connectivity index (χ4v) is 2.84. The largest absolute Gasteiger partial charge is 0.376 e. The van der Waals surface area contributed by atoms with Crippen LogP contribution in [0.5, 0.6) is 0 Å². The maximum Gasteiger partial charge on any atom is 0.0728 e. The predicted molar refractivity (Wildman–Crippen MR) is 86.8 cm³/mol. The van der Waals surface area contributed by atoms with E-state index >= 15 is 0 Å². The molecule has 0 aliphatic rings. The van der Waals surface area contributed by atoms with E-state index in [0.29, 0.717) is 12.5 Å². The standard InChI is InChI=1S/C16H16Br2O/c17-10-15(13-6-2-1-3-7-13)12-19-11-14-8-4-5-9-16(14)18/h1-9,15H,10-12H2. The van der Waals surface area contributed by atoms with E-state index in [1.165, 1.54) is 11.1 Å². The highest BCUT2D eigenvalue weighted by molar-refractivity contribution is 9.10. The van der Waals surface area contributed by atoms with Gasteiger partial charge in [0.2, 0.25) is 0 Å². The fourth-order valence-electron chi connectivity index (χ4n) is 1.88. The van der Waals surface area contributed by atoms with Crippen LogP contribution in [0.1, 0.15) is 17.0 Å². The second-order valence-electron chi connectivity index (χ2n) is 4.37. The highest BCUT2D eigenvalue weighted by Gasteiger charge is 2.10. The first-order chi connectivity index (χ1) is 9.31. The molecule has 1 atom stereocenters. The molecule has 0 fully saturated rings. The van der Waals surface area contributed by atoms with E-state index in [2.05, 4.69) is 62.2 Å². The van der Waals surface area contributed by atoms with Gasteiger partial charge in [0.15, 0.2) is 0 Å². The number of halogens is 2. The molecule has 1 nitrogen and oxygen atoms in total. The van der Waals surface area contributed by atoms with Crippen LogP contribution in [0.4, 0.5) is 0 Å². The second kappa shape index (κ2) is 7.83. The molecule has 2 rings (SSSR count). The summed E-state index contributed by atoms with van der Waals surface area (Å²) in [4.78, 5) is 0. The fraction of sp³-hybridized carbons (Fsp3) is 0.250. The minimum absolute atomic E-state index is 0.392. The van der Waals surface area contributed by atoms with E-state index in [-0.39, 0.29) is 0 Å². The average molecular weight is 384 g/mol. The van der Waals surface area contributed by atoms with E-state index in [1.54, 1.807) is 0 Å². The Bertz CT molecular complexity index is 499. The minimum atomic E-state index is 0.392. The lowest BCUT2D eigenvalue weighted by molar-refractivity contribution is 0.111. The lowest BCUT2D eigenvalue weighted by Crippen LogP contribution is -2.09. The summed E-state index contributed by atoms with van der Waals surface area (Å²) in [6.45, 7) is 1.36. The molecule has 0 N–H and O–H groups in total. The highest BCUT2D eigenvalue weighted by atomic mass is 79.9. The molecule has 2 aromatic carbocycles. The van der Waals surface area contributed by atoms with Crippen molar-refractivity contribution in [2.24, 2.45) is 0 Å². The van der Waals surface area contributed by atoms with Crippen LogP contribution in [0, 0.1) is 0 Å². The summed E-state index contributed by atoms with van der Waals surface area (Å²) in [7, 11) is 0. The summed E-state index contributed by atoms with van der Waals surface area (Å²) >= 11 is 7.10. The van der Waals surface area contributed by atoms with Gasteiger partial charge in [0, 0.05) is 15.7 Å². The third-order valence-electron chi connectivity index (χ3n) is 2.99. The van der Waals surface area contributed by atoms with Crippen LogP contribution in [0.3, 0.4) is 0 Å². The SMILES string of the molecule is BrCC(COCc1ccccc1Br)c1ccccc1. The summed E-state index contributed by atoms with van der Waals surface area (Å²) in [5.41, 5.74) is 2.50. The van der Waals surface area contributed by atoms with Crippen LogP contribution in [0.2, 0.25) is 0 Å². The smallest absolute Gasteiger partial charge is 0.0728 e. The molecule has 100 valence electrons. The molecule has 3 heteroatoms. The van der Waals surface area contributed by atoms with E-state index in [9.17, 15) is 0 Å². The Labute approximate surface area is 131 Å². The van der Waals surface area contributed by atoms with Gasteiger partial charge in [-0.15, -0.1) is 0 Å². The molecule has 1 unspecified atom stereocenters. The monoisotopic (exact) mass is 382 g/mol. The molecule has 0 aliphatic carbocycles. The van der Waals surface area contributed by atoms with E-state index in [1.807, 2.05) is 24.3 Å². The molecular weight excluding hydrogens is 368 g/mol. The van der Waals surface area contributed by atoms with E-state index < -0.39 is 0 Å². The van der Waals surface area contributed by atoms with Gasteiger partial charge < -0.3 is 4.74 Å². The summed E-state index contributed by atoms with van der Waals surface area (Å²) in [5, 5.41) is 0.910. The summed E-state index contributed by atoms with van der Waals surface area (Å²) in [6, 6.07) is 18.6. The Morgan fingerprint density at radius 3 is 2.32 bits per heavy atom. The van der Waals surface area contributed by atoms with Crippen molar-refractivity contribution in [1.82, 2.24) is 0 Å². The van der Waals surface area contributed by atoms with Gasteiger partial charge in [-0.05, 0) is 17.2 Å². The van der Waals surface area contributed by atoms with Gasteiger partial charge in [0.1, 0.15) is 0 Å². The van der Waals surface area contributed by atoms with Gasteiger partial charge in [-0.1, -0.05) is 80.4 Å². The number of benzene rings is 2. The number of hydrogen-bond acceptors (Lipinski definition) is 1. The Kier molecular flexibility index (Phi) is 6.08. The van der Waals surface area contributed by atoms with Gasteiger partial charge in [0.25, 0.3) is 0 Å². The summed E-state index contributed by atoms with van der Waals surface area (Å²) in [6.07, 6.45) is 0. The Morgan fingerprint density at radius 2 is 1.63 bits per heavy atom. The van der Waals surface area contributed by atoms with Gasteiger partial charge >= 0.3 is 0 Å². The topological polar surface area (TPSA) is 9.23 Å².